The molecule has 0 bridgehead atoms. The third-order valence-electron chi connectivity index (χ3n) is 5.31. The van der Waals surface area contributed by atoms with Crippen LogP contribution in [0.3, 0.4) is 0 Å². The Morgan fingerprint density at radius 1 is 1.22 bits per heavy atom. The van der Waals surface area contributed by atoms with Crippen molar-refractivity contribution < 1.29 is 9.59 Å². The standard InChI is InChI=1S/C19H21ClN4O2S/c1-13(2)23-8-17(25)24(7-14-3-5-15(20)6-4-14)19(18(23)26)10-22(11-19)16-9-27-12-21-16/h3-6,9,12-13H,7-8,10-11H2,1-2H3. The van der Waals surface area contributed by atoms with Crippen LogP contribution >= 0.6 is 22.9 Å². The maximum Gasteiger partial charge on any atom is 0.252 e. The van der Waals surface area contributed by atoms with E-state index in [1.807, 2.05) is 43.5 Å². The van der Waals surface area contributed by atoms with Gasteiger partial charge in [-0.2, -0.15) is 0 Å². The molecule has 3 heterocycles. The lowest BCUT2D eigenvalue weighted by molar-refractivity contribution is -0.170. The van der Waals surface area contributed by atoms with Gasteiger partial charge in [-0.25, -0.2) is 4.98 Å². The highest BCUT2D eigenvalue weighted by Gasteiger charge is 2.60. The highest BCUT2D eigenvalue weighted by Crippen LogP contribution is 2.38. The van der Waals surface area contributed by atoms with E-state index in [1.54, 1.807) is 15.3 Å². The van der Waals surface area contributed by atoms with E-state index in [9.17, 15) is 9.59 Å². The van der Waals surface area contributed by atoms with Gasteiger partial charge in [0.2, 0.25) is 5.91 Å². The molecule has 2 amide bonds. The zero-order chi connectivity index (χ0) is 19.2. The number of hydrogen-bond acceptors (Lipinski definition) is 5. The number of hydrogen-bond donors (Lipinski definition) is 0. The summed E-state index contributed by atoms with van der Waals surface area (Å²) in [5, 5.41) is 2.62. The minimum atomic E-state index is -0.830. The number of aromatic nitrogens is 1. The summed E-state index contributed by atoms with van der Waals surface area (Å²) in [6.45, 7) is 5.37. The fourth-order valence-corrected chi connectivity index (χ4v) is 4.46. The molecule has 4 rings (SSSR count). The minimum absolute atomic E-state index is 0.00988. The lowest BCUT2D eigenvalue weighted by Gasteiger charge is -2.58. The van der Waals surface area contributed by atoms with Crippen molar-refractivity contribution in [3.05, 3.63) is 45.7 Å². The van der Waals surface area contributed by atoms with Crippen molar-refractivity contribution >= 4 is 40.6 Å². The van der Waals surface area contributed by atoms with Crippen LogP contribution in [0.1, 0.15) is 19.4 Å². The second-order valence-electron chi connectivity index (χ2n) is 7.37. The number of anilines is 1. The topological polar surface area (TPSA) is 56.8 Å². The van der Waals surface area contributed by atoms with Crippen molar-refractivity contribution in [2.45, 2.75) is 32.0 Å². The van der Waals surface area contributed by atoms with E-state index in [2.05, 4.69) is 9.88 Å². The average Bonchev–Trinajstić information content (AvgIpc) is 3.12. The van der Waals surface area contributed by atoms with Crippen LogP contribution in [0.15, 0.2) is 35.2 Å². The van der Waals surface area contributed by atoms with Crippen LogP contribution in [0, 0.1) is 0 Å². The van der Waals surface area contributed by atoms with Gasteiger partial charge in [0.1, 0.15) is 12.4 Å². The molecule has 8 heteroatoms. The Bertz CT molecular complexity index is 847. The third kappa shape index (κ3) is 3.08. The first-order valence-corrected chi connectivity index (χ1v) is 10.2. The number of piperazine rings is 1. The Morgan fingerprint density at radius 2 is 1.93 bits per heavy atom. The van der Waals surface area contributed by atoms with Gasteiger partial charge >= 0.3 is 0 Å². The molecule has 0 radical (unpaired) electrons. The molecule has 1 aromatic carbocycles. The first-order chi connectivity index (χ1) is 12.9. The van der Waals surface area contributed by atoms with Crippen LogP contribution in [0.5, 0.6) is 0 Å². The first kappa shape index (κ1) is 18.3. The summed E-state index contributed by atoms with van der Waals surface area (Å²) in [5.41, 5.74) is 1.91. The molecule has 2 aromatic rings. The van der Waals surface area contributed by atoms with Gasteiger partial charge in [0.15, 0.2) is 5.54 Å². The zero-order valence-electron chi connectivity index (χ0n) is 15.3. The van der Waals surface area contributed by atoms with Gasteiger partial charge in [-0.3, -0.25) is 9.59 Å². The summed E-state index contributed by atoms with van der Waals surface area (Å²) in [5.74, 6) is 0.868. The SMILES string of the molecule is CC(C)N1CC(=O)N(Cc2ccc(Cl)cc2)C2(CN(c3cscn3)C2)C1=O. The number of carbonyl (C=O) groups is 2. The van der Waals surface area contributed by atoms with E-state index in [-0.39, 0.29) is 24.4 Å². The van der Waals surface area contributed by atoms with Crippen molar-refractivity contribution in [2.24, 2.45) is 0 Å². The van der Waals surface area contributed by atoms with Crippen molar-refractivity contribution in [1.82, 2.24) is 14.8 Å². The molecule has 0 N–H and O–H groups in total. The van der Waals surface area contributed by atoms with Gasteiger partial charge in [-0.15, -0.1) is 11.3 Å². The van der Waals surface area contributed by atoms with E-state index in [0.29, 0.717) is 24.7 Å². The van der Waals surface area contributed by atoms with Gasteiger partial charge in [0.05, 0.1) is 18.6 Å². The average molecular weight is 405 g/mol. The maximum atomic E-state index is 13.4. The molecule has 0 atom stereocenters. The normalized spacial score (nSPS) is 19.2. The first-order valence-electron chi connectivity index (χ1n) is 8.90. The number of halogens is 1. The summed E-state index contributed by atoms with van der Waals surface area (Å²) in [6, 6.07) is 7.41. The molecule has 2 aliphatic heterocycles. The van der Waals surface area contributed by atoms with E-state index >= 15 is 0 Å². The van der Waals surface area contributed by atoms with Crippen molar-refractivity contribution in [2.75, 3.05) is 24.5 Å². The molecule has 2 saturated heterocycles. The van der Waals surface area contributed by atoms with Crippen LogP contribution < -0.4 is 4.90 Å². The number of rotatable bonds is 4. The molecule has 0 saturated carbocycles. The molecule has 1 aromatic heterocycles. The number of carbonyl (C=O) groups excluding carboxylic acids is 2. The van der Waals surface area contributed by atoms with Gasteiger partial charge < -0.3 is 14.7 Å². The summed E-state index contributed by atoms with van der Waals surface area (Å²) in [7, 11) is 0. The van der Waals surface area contributed by atoms with Gasteiger partial charge in [0, 0.05) is 23.0 Å². The zero-order valence-corrected chi connectivity index (χ0v) is 16.8. The Balaban J connectivity index is 1.64. The molecule has 0 unspecified atom stereocenters. The van der Waals surface area contributed by atoms with E-state index in [4.69, 9.17) is 11.6 Å². The largest absolute Gasteiger partial charge is 0.350 e. The van der Waals surface area contributed by atoms with Gasteiger partial charge in [-0.1, -0.05) is 23.7 Å². The van der Waals surface area contributed by atoms with Crippen molar-refractivity contribution in [3.63, 3.8) is 0 Å². The molecule has 2 aliphatic rings. The van der Waals surface area contributed by atoms with Crippen LogP contribution in [-0.4, -0.2) is 57.8 Å². The predicted octanol–water partition coefficient (Wildman–Crippen LogP) is 2.63. The molecule has 1 spiro atoms. The molecule has 27 heavy (non-hydrogen) atoms. The van der Waals surface area contributed by atoms with Gasteiger partial charge in [0.25, 0.3) is 5.91 Å². The Hall–Kier alpha value is -2.12. The fourth-order valence-electron chi connectivity index (χ4n) is 3.77. The highest BCUT2D eigenvalue weighted by molar-refractivity contribution is 7.07. The van der Waals surface area contributed by atoms with E-state index in [0.717, 1.165) is 11.4 Å². The monoisotopic (exact) mass is 404 g/mol. The Morgan fingerprint density at radius 3 is 2.52 bits per heavy atom. The molecule has 6 nitrogen and oxygen atoms in total. The molecule has 2 fully saturated rings. The fraction of sp³-hybridized carbons (Fsp3) is 0.421. The Labute approximate surface area is 167 Å². The number of nitrogens with zero attached hydrogens (tertiary/aromatic N) is 4. The molecule has 0 aliphatic carbocycles. The molecular weight excluding hydrogens is 384 g/mol. The molecule has 142 valence electrons. The number of benzene rings is 1. The maximum absolute atomic E-state index is 13.4. The van der Waals surface area contributed by atoms with E-state index < -0.39 is 5.54 Å². The minimum Gasteiger partial charge on any atom is -0.350 e. The predicted molar refractivity (Wildman–Crippen MR) is 106 cm³/mol. The smallest absolute Gasteiger partial charge is 0.252 e. The quantitative estimate of drug-likeness (QED) is 0.786. The van der Waals surface area contributed by atoms with Crippen LogP contribution in [0.2, 0.25) is 5.02 Å². The second-order valence-corrected chi connectivity index (χ2v) is 8.52. The number of thiazole rings is 1. The lowest BCUT2D eigenvalue weighted by atomic mass is 9.83. The van der Waals surface area contributed by atoms with E-state index in [1.165, 1.54) is 11.3 Å². The van der Waals surface area contributed by atoms with Crippen molar-refractivity contribution in [3.8, 4) is 0 Å². The Kier molecular flexibility index (Phi) is 4.60. The van der Waals surface area contributed by atoms with Crippen LogP contribution in [0.25, 0.3) is 0 Å². The lowest BCUT2D eigenvalue weighted by Crippen LogP contribution is -2.81. The highest BCUT2D eigenvalue weighted by atomic mass is 35.5. The summed E-state index contributed by atoms with van der Waals surface area (Å²) >= 11 is 7.50. The van der Waals surface area contributed by atoms with Crippen LogP contribution in [0.4, 0.5) is 5.82 Å². The third-order valence-corrected chi connectivity index (χ3v) is 6.13. The summed E-state index contributed by atoms with van der Waals surface area (Å²) < 4.78 is 0. The number of amides is 2. The molecular formula is C19H21ClN4O2S. The van der Waals surface area contributed by atoms with Crippen molar-refractivity contribution in [1.29, 1.82) is 0 Å². The summed E-state index contributed by atoms with van der Waals surface area (Å²) in [4.78, 5) is 36.2. The van der Waals surface area contributed by atoms with Gasteiger partial charge in [-0.05, 0) is 31.5 Å². The van der Waals surface area contributed by atoms with Crippen LogP contribution in [-0.2, 0) is 16.1 Å². The summed E-state index contributed by atoms with van der Waals surface area (Å²) in [6.07, 6.45) is 0. The second kappa shape index (κ2) is 6.80.